The number of halogens is 2. The minimum atomic E-state index is 0. The number of likely N-dealkylation sites (tertiary alicyclic amines) is 1. The Hall–Kier alpha value is -0.100. The molecule has 0 aliphatic carbocycles. The molecule has 0 bridgehead atoms. The maximum Gasteiger partial charge on any atom is 0.0739 e. The summed E-state index contributed by atoms with van der Waals surface area (Å²) in [5.74, 6) is 0.674. The van der Waals surface area contributed by atoms with Crippen LogP contribution in [0.5, 0.6) is 0 Å². The van der Waals surface area contributed by atoms with Gasteiger partial charge in [-0.3, -0.25) is 9.58 Å². The normalized spacial score (nSPS) is 20.6. The number of hydrogen-bond acceptors (Lipinski definition) is 3. The SMILES string of the molecule is Cc1nn(C)c(CN2CCC(CN)C2)c1Br.Cl. The molecule has 1 atom stereocenters. The van der Waals surface area contributed by atoms with Gasteiger partial charge < -0.3 is 5.73 Å². The minimum Gasteiger partial charge on any atom is -0.330 e. The van der Waals surface area contributed by atoms with Gasteiger partial charge in [-0.25, -0.2) is 0 Å². The van der Waals surface area contributed by atoms with E-state index in [2.05, 4.69) is 25.9 Å². The molecule has 0 aromatic carbocycles. The van der Waals surface area contributed by atoms with E-state index in [-0.39, 0.29) is 12.4 Å². The van der Waals surface area contributed by atoms with E-state index in [4.69, 9.17) is 5.73 Å². The summed E-state index contributed by atoms with van der Waals surface area (Å²) in [4.78, 5) is 2.46. The average Bonchev–Trinajstić information content (AvgIpc) is 2.80. The fraction of sp³-hybridized carbons (Fsp3) is 0.727. The first-order valence-electron chi connectivity index (χ1n) is 5.72. The van der Waals surface area contributed by atoms with Gasteiger partial charge in [0.1, 0.15) is 0 Å². The smallest absolute Gasteiger partial charge is 0.0739 e. The molecule has 1 aromatic rings. The van der Waals surface area contributed by atoms with Crippen molar-refractivity contribution in [2.75, 3.05) is 19.6 Å². The largest absolute Gasteiger partial charge is 0.330 e. The Kier molecular flexibility index (Phi) is 5.44. The van der Waals surface area contributed by atoms with Crippen molar-refractivity contribution in [1.82, 2.24) is 14.7 Å². The highest BCUT2D eigenvalue weighted by Gasteiger charge is 2.23. The van der Waals surface area contributed by atoms with Crippen LogP contribution in [0.4, 0.5) is 0 Å². The molecule has 0 radical (unpaired) electrons. The standard InChI is InChI=1S/C11H19BrN4.ClH/c1-8-11(12)10(15(2)14-8)7-16-4-3-9(5-13)6-16;/h9H,3-7,13H2,1-2H3;1H. The third-order valence-electron chi connectivity index (χ3n) is 3.34. The molecule has 1 saturated heterocycles. The first kappa shape index (κ1) is 15.0. The van der Waals surface area contributed by atoms with Crippen LogP contribution in [0.2, 0.25) is 0 Å². The van der Waals surface area contributed by atoms with Gasteiger partial charge in [-0.05, 0) is 48.3 Å². The van der Waals surface area contributed by atoms with Crippen LogP contribution in [0.25, 0.3) is 0 Å². The van der Waals surface area contributed by atoms with Crippen molar-refractivity contribution in [3.05, 3.63) is 15.9 Å². The van der Waals surface area contributed by atoms with Crippen molar-refractivity contribution in [2.45, 2.75) is 19.9 Å². The molecule has 1 aromatic heterocycles. The van der Waals surface area contributed by atoms with Crippen molar-refractivity contribution in [1.29, 1.82) is 0 Å². The van der Waals surface area contributed by atoms with Crippen molar-refractivity contribution in [3.63, 3.8) is 0 Å². The molecule has 2 rings (SSSR count). The molecule has 0 spiro atoms. The Balaban J connectivity index is 0.00000144. The van der Waals surface area contributed by atoms with Crippen molar-refractivity contribution < 1.29 is 0 Å². The summed E-state index contributed by atoms with van der Waals surface area (Å²) in [6.07, 6.45) is 1.23. The molecular weight excluding hydrogens is 304 g/mol. The summed E-state index contributed by atoms with van der Waals surface area (Å²) >= 11 is 3.61. The number of rotatable bonds is 3. The van der Waals surface area contributed by atoms with Crippen LogP contribution < -0.4 is 5.73 Å². The van der Waals surface area contributed by atoms with E-state index in [1.807, 2.05) is 18.7 Å². The third kappa shape index (κ3) is 3.22. The average molecular weight is 324 g/mol. The van der Waals surface area contributed by atoms with Crippen molar-refractivity contribution in [3.8, 4) is 0 Å². The summed E-state index contributed by atoms with van der Waals surface area (Å²) in [5.41, 5.74) is 8.02. The second-order valence-electron chi connectivity index (χ2n) is 4.60. The Labute approximate surface area is 117 Å². The monoisotopic (exact) mass is 322 g/mol. The van der Waals surface area contributed by atoms with E-state index < -0.39 is 0 Å². The van der Waals surface area contributed by atoms with Gasteiger partial charge in [0.15, 0.2) is 0 Å². The van der Waals surface area contributed by atoms with Crippen molar-refractivity contribution in [2.24, 2.45) is 18.7 Å². The first-order chi connectivity index (χ1) is 7.61. The quantitative estimate of drug-likeness (QED) is 0.921. The van der Waals surface area contributed by atoms with E-state index in [1.54, 1.807) is 0 Å². The molecule has 1 unspecified atom stereocenters. The van der Waals surface area contributed by atoms with Crippen LogP contribution in [-0.4, -0.2) is 34.3 Å². The van der Waals surface area contributed by atoms with Crippen LogP contribution in [0.3, 0.4) is 0 Å². The summed E-state index contributed by atoms with van der Waals surface area (Å²) in [6, 6.07) is 0. The van der Waals surface area contributed by atoms with Gasteiger partial charge in [-0.2, -0.15) is 5.10 Å². The van der Waals surface area contributed by atoms with Gasteiger partial charge in [0.25, 0.3) is 0 Å². The zero-order valence-corrected chi connectivity index (χ0v) is 12.7. The minimum absolute atomic E-state index is 0. The van der Waals surface area contributed by atoms with E-state index in [0.29, 0.717) is 5.92 Å². The molecular formula is C11H20BrClN4. The highest BCUT2D eigenvalue weighted by atomic mass is 79.9. The lowest BCUT2D eigenvalue weighted by molar-refractivity contribution is 0.308. The number of nitrogens with zero attached hydrogens (tertiary/aromatic N) is 3. The molecule has 1 aliphatic heterocycles. The molecule has 6 heteroatoms. The molecule has 1 aliphatic rings. The number of nitrogens with two attached hydrogens (primary N) is 1. The maximum atomic E-state index is 5.70. The lowest BCUT2D eigenvalue weighted by atomic mass is 10.1. The fourth-order valence-electron chi connectivity index (χ4n) is 2.31. The van der Waals surface area contributed by atoms with Gasteiger partial charge in [0.05, 0.1) is 15.9 Å². The Morgan fingerprint density at radius 3 is 2.71 bits per heavy atom. The molecule has 0 amide bonds. The second-order valence-corrected chi connectivity index (χ2v) is 5.39. The van der Waals surface area contributed by atoms with Crippen LogP contribution in [0.15, 0.2) is 4.47 Å². The van der Waals surface area contributed by atoms with Gasteiger partial charge in [-0.1, -0.05) is 0 Å². The van der Waals surface area contributed by atoms with E-state index in [0.717, 1.165) is 36.3 Å². The zero-order chi connectivity index (χ0) is 11.7. The van der Waals surface area contributed by atoms with Crippen LogP contribution >= 0.6 is 28.3 Å². The summed E-state index contributed by atoms with van der Waals surface area (Å²) in [6.45, 7) is 6.07. The van der Waals surface area contributed by atoms with Crippen molar-refractivity contribution >= 4 is 28.3 Å². The lowest BCUT2D eigenvalue weighted by Gasteiger charge is -2.16. The Morgan fingerprint density at radius 2 is 2.24 bits per heavy atom. The molecule has 2 N–H and O–H groups in total. The van der Waals surface area contributed by atoms with Gasteiger partial charge >= 0.3 is 0 Å². The molecule has 0 saturated carbocycles. The van der Waals surface area contributed by atoms with Crippen LogP contribution in [0, 0.1) is 12.8 Å². The lowest BCUT2D eigenvalue weighted by Crippen LogP contribution is -2.24. The summed E-state index contributed by atoms with van der Waals surface area (Å²) in [7, 11) is 2.00. The number of hydrogen-bond donors (Lipinski definition) is 1. The van der Waals surface area contributed by atoms with Gasteiger partial charge in [-0.15, -0.1) is 12.4 Å². The fourth-order valence-corrected chi connectivity index (χ4v) is 2.77. The van der Waals surface area contributed by atoms with E-state index >= 15 is 0 Å². The molecule has 17 heavy (non-hydrogen) atoms. The molecule has 2 heterocycles. The van der Waals surface area contributed by atoms with Gasteiger partial charge in [0.2, 0.25) is 0 Å². The topological polar surface area (TPSA) is 47.1 Å². The third-order valence-corrected chi connectivity index (χ3v) is 4.37. The highest BCUT2D eigenvalue weighted by Crippen LogP contribution is 2.24. The Bertz CT molecular complexity index is 380. The van der Waals surface area contributed by atoms with Crippen LogP contribution in [0.1, 0.15) is 17.8 Å². The molecule has 1 fully saturated rings. The first-order valence-corrected chi connectivity index (χ1v) is 6.51. The second kappa shape index (κ2) is 6.18. The Morgan fingerprint density at radius 1 is 1.53 bits per heavy atom. The summed E-state index contributed by atoms with van der Waals surface area (Å²) in [5, 5.41) is 4.41. The predicted molar refractivity (Wildman–Crippen MR) is 75.3 cm³/mol. The van der Waals surface area contributed by atoms with E-state index in [9.17, 15) is 0 Å². The highest BCUT2D eigenvalue weighted by molar-refractivity contribution is 9.10. The molecule has 4 nitrogen and oxygen atoms in total. The summed E-state index contributed by atoms with van der Waals surface area (Å²) < 4.78 is 3.11. The predicted octanol–water partition coefficient (Wildman–Crippen LogP) is 1.69. The van der Waals surface area contributed by atoms with E-state index in [1.165, 1.54) is 12.1 Å². The maximum absolute atomic E-state index is 5.70. The number of aromatic nitrogens is 2. The number of aryl methyl sites for hydroxylation is 2. The molecule has 98 valence electrons. The zero-order valence-electron chi connectivity index (χ0n) is 10.3. The van der Waals surface area contributed by atoms with Crippen LogP contribution in [-0.2, 0) is 13.6 Å². The van der Waals surface area contributed by atoms with Gasteiger partial charge in [0, 0.05) is 20.1 Å².